The first-order valence-electron chi connectivity index (χ1n) is 3.53. The van der Waals surface area contributed by atoms with Crippen molar-refractivity contribution in [3.63, 3.8) is 0 Å². The Bertz CT molecular complexity index is 282. The lowest BCUT2D eigenvalue weighted by Crippen LogP contribution is -2.20. The number of nitrogens with one attached hydrogen (secondary N) is 2. The van der Waals surface area contributed by atoms with Crippen molar-refractivity contribution in [1.29, 1.82) is 0 Å². The fourth-order valence-corrected chi connectivity index (χ4v) is 1.69. The summed E-state index contributed by atoms with van der Waals surface area (Å²) in [5, 5.41) is 10.6. The van der Waals surface area contributed by atoms with E-state index in [1.165, 1.54) is 11.3 Å². The number of anilines is 1. The van der Waals surface area contributed by atoms with Gasteiger partial charge in [0.1, 0.15) is 0 Å². The Morgan fingerprint density at radius 1 is 1.83 bits per heavy atom. The van der Waals surface area contributed by atoms with Gasteiger partial charge < -0.3 is 10.1 Å². The number of hydrogen-bond acceptors (Lipinski definition) is 5. The Labute approximate surface area is 80.0 Å². The number of H-pyrrole nitrogens is 1. The number of aromatic nitrogens is 2. The highest BCUT2D eigenvalue weighted by molar-refractivity contribution is 7.73. The number of aromatic amines is 1. The SMILES string of the molecule is COCC(C)Nc1n[nH]c(=S)s1. The highest BCUT2D eigenvalue weighted by atomic mass is 32.1. The molecule has 6 heteroatoms. The lowest BCUT2D eigenvalue weighted by atomic mass is 10.4. The van der Waals surface area contributed by atoms with E-state index in [2.05, 4.69) is 15.5 Å². The van der Waals surface area contributed by atoms with Crippen molar-refractivity contribution in [1.82, 2.24) is 10.2 Å². The van der Waals surface area contributed by atoms with E-state index in [1.54, 1.807) is 7.11 Å². The molecule has 0 saturated carbocycles. The zero-order valence-corrected chi connectivity index (χ0v) is 8.59. The summed E-state index contributed by atoms with van der Waals surface area (Å²) in [6, 6.07) is 0.254. The van der Waals surface area contributed by atoms with Crippen LogP contribution in [0.4, 0.5) is 5.13 Å². The molecule has 0 saturated heterocycles. The molecule has 0 spiro atoms. The van der Waals surface area contributed by atoms with E-state index in [-0.39, 0.29) is 6.04 Å². The van der Waals surface area contributed by atoms with Gasteiger partial charge in [-0.3, -0.25) is 5.10 Å². The van der Waals surface area contributed by atoms with Crippen LogP contribution in [0, 0.1) is 3.95 Å². The second kappa shape index (κ2) is 4.54. The van der Waals surface area contributed by atoms with Crippen LogP contribution in [0.1, 0.15) is 6.92 Å². The largest absolute Gasteiger partial charge is 0.383 e. The zero-order chi connectivity index (χ0) is 8.97. The molecular weight excluding hydrogens is 194 g/mol. The van der Waals surface area contributed by atoms with Gasteiger partial charge in [-0.1, -0.05) is 11.3 Å². The summed E-state index contributed by atoms with van der Waals surface area (Å²) in [5.41, 5.74) is 0. The number of hydrogen-bond donors (Lipinski definition) is 2. The van der Waals surface area contributed by atoms with Crippen molar-refractivity contribution in [3.8, 4) is 0 Å². The minimum absolute atomic E-state index is 0.254. The van der Waals surface area contributed by atoms with Crippen LogP contribution in [0.2, 0.25) is 0 Å². The molecule has 0 aliphatic rings. The van der Waals surface area contributed by atoms with Crippen molar-refractivity contribution in [2.24, 2.45) is 0 Å². The van der Waals surface area contributed by atoms with Crippen LogP contribution in [-0.2, 0) is 4.74 Å². The van der Waals surface area contributed by atoms with Crippen LogP contribution >= 0.6 is 23.6 Å². The molecule has 1 aromatic rings. The van der Waals surface area contributed by atoms with Crippen LogP contribution in [0.3, 0.4) is 0 Å². The van der Waals surface area contributed by atoms with Gasteiger partial charge in [0.15, 0.2) is 3.95 Å². The van der Waals surface area contributed by atoms with Crippen LogP contribution in [0.25, 0.3) is 0 Å². The van der Waals surface area contributed by atoms with E-state index in [4.69, 9.17) is 17.0 Å². The van der Waals surface area contributed by atoms with E-state index in [1.807, 2.05) is 6.92 Å². The van der Waals surface area contributed by atoms with Crippen LogP contribution in [0.15, 0.2) is 0 Å². The molecule has 0 radical (unpaired) electrons. The van der Waals surface area contributed by atoms with Gasteiger partial charge in [-0.25, -0.2) is 0 Å². The fourth-order valence-electron chi connectivity index (χ4n) is 0.794. The first-order valence-corrected chi connectivity index (χ1v) is 4.76. The molecule has 1 unspecified atom stereocenters. The van der Waals surface area contributed by atoms with Gasteiger partial charge in [0, 0.05) is 13.2 Å². The van der Waals surface area contributed by atoms with Crippen molar-refractivity contribution in [3.05, 3.63) is 3.95 Å². The normalized spacial score (nSPS) is 12.8. The zero-order valence-electron chi connectivity index (χ0n) is 6.96. The van der Waals surface area contributed by atoms with Gasteiger partial charge in [0.25, 0.3) is 0 Å². The summed E-state index contributed by atoms with van der Waals surface area (Å²) in [6.07, 6.45) is 0. The van der Waals surface area contributed by atoms with Gasteiger partial charge in [-0.15, -0.1) is 5.10 Å². The van der Waals surface area contributed by atoms with Crippen LogP contribution in [-0.4, -0.2) is 30.0 Å². The minimum atomic E-state index is 0.254. The lowest BCUT2D eigenvalue weighted by molar-refractivity contribution is 0.190. The van der Waals surface area contributed by atoms with Gasteiger partial charge in [-0.05, 0) is 19.1 Å². The molecule has 4 nitrogen and oxygen atoms in total. The minimum Gasteiger partial charge on any atom is -0.383 e. The topological polar surface area (TPSA) is 49.9 Å². The maximum absolute atomic E-state index is 4.96. The van der Waals surface area contributed by atoms with E-state index in [9.17, 15) is 0 Å². The first kappa shape index (κ1) is 9.63. The monoisotopic (exact) mass is 205 g/mol. The molecule has 68 valence electrons. The predicted molar refractivity (Wildman–Crippen MR) is 52.3 cm³/mol. The van der Waals surface area contributed by atoms with Crippen LogP contribution < -0.4 is 5.32 Å². The number of ether oxygens (including phenoxy) is 1. The van der Waals surface area contributed by atoms with Gasteiger partial charge >= 0.3 is 0 Å². The van der Waals surface area contributed by atoms with Crippen molar-refractivity contribution < 1.29 is 4.74 Å². The first-order chi connectivity index (χ1) is 5.72. The third-order valence-corrected chi connectivity index (χ3v) is 2.25. The standard InChI is InChI=1S/C6H11N3OS2/c1-4(3-10-2)7-5-8-9-6(11)12-5/h4H,3H2,1-2H3,(H,7,8)(H,9,11). The number of methoxy groups -OCH3 is 1. The highest BCUT2D eigenvalue weighted by Gasteiger charge is 2.02. The molecule has 1 rings (SSSR count). The van der Waals surface area contributed by atoms with Crippen LogP contribution in [0.5, 0.6) is 0 Å². The van der Waals surface area contributed by atoms with Crippen molar-refractivity contribution >= 4 is 28.7 Å². The molecule has 12 heavy (non-hydrogen) atoms. The third-order valence-electron chi connectivity index (χ3n) is 1.22. The Balaban J connectivity index is 2.46. The van der Waals surface area contributed by atoms with E-state index < -0.39 is 0 Å². The molecule has 0 fully saturated rings. The predicted octanol–water partition coefficient (Wildman–Crippen LogP) is 1.65. The summed E-state index contributed by atoms with van der Waals surface area (Å²) >= 11 is 6.30. The Kier molecular flexibility index (Phi) is 3.64. The molecule has 0 amide bonds. The maximum atomic E-state index is 4.96. The second-order valence-corrected chi connectivity index (χ2v) is 4.08. The fraction of sp³-hybridized carbons (Fsp3) is 0.667. The van der Waals surface area contributed by atoms with Gasteiger partial charge in [0.05, 0.1) is 6.61 Å². The Morgan fingerprint density at radius 3 is 3.08 bits per heavy atom. The summed E-state index contributed by atoms with van der Waals surface area (Å²) in [4.78, 5) is 0. The quantitative estimate of drug-likeness (QED) is 0.734. The number of rotatable bonds is 4. The Morgan fingerprint density at radius 2 is 2.58 bits per heavy atom. The Hall–Kier alpha value is -0.460. The molecule has 0 aliphatic carbocycles. The van der Waals surface area contributed by atoms with Gasteiger partial charge in [0.2, 0.25) is 5.13 Å². The van der Waals surface area contributed by atoms with E-state index >= 15 is 0 Å². The molecule has 1 aromatic heterocycles. The summed E-state index contributed by atoms with van der Waals surface area (Å²) in [6.45, 7) is 2.68. The summed E-state index contributed by atoms with van der Waals surface area (Å²) in [5.74, 6) is 0. The molecule has 1 atom stereocenters. The smallest absolute Gasteiger partial charge is 0.204 e. The highest BCUT2D eigenvalue weighted by Crippen LogP contribution is 2.11. The van der Waals surface area contributed by atoms with E-state index in [0.717, 1.165) is 5.13 Å². The average molecular weight is 205 g/mol. The summed E-state index contributed by atoms with van der Waals surface area (Å²) < 4.78 is 5.64. The molecular formula is C6H11N3OS2. The second-order valence-electron chi connectivity index (χ2n) is 2.42. The summed E-state index contributed by atoms with van der Waals surface area (Å²) in [7, 11) is 1.67. The molecule has 0 bridgehead atoms. The molecule has 2 N–H and O–H groups in total. The lowest BCUT2D eigenvalue weighted by Gasteiger charge is -2.09. The average Bonchev–Trinajstić information content (AvgIpc) is 2.36. The maximum Gasteiger partial charge on any atom is 0.204 e. The van der Waals surface area contributed by atoms with Crippen molar-refractivity contribution in [2.45, 2.75) is 13.0 Å². The third kappa shape index (κ3) is 2.88. The number of nitrogens with zero attached hydrogens (tertiary/aromatic N) is 1. The molecule has 0 aromatic carbocycles. The van der Waals surface area contributed by atoms with Crippen molar-refractivity contribution in [2.75, 3.05) is 19.0 Å². The molecule has 0 aliphatic heterocycles. The van der Waals surface area contributed by atoms with Gasteiger partial charge in [-0.2, -0.15) is 0 Å². The molecule has 1 heterocycles. The van der Waals surface area contributed by atoms with E-state index in [0.29, 0.717) is 10.6 Å².